The Morgan fingerprint density at radius 3 is 1.62 bits per heavy atom. The molecule has 0 aliphatic rings. The van der Waals surface area contributed by atoms with Crippen LogP contribution in [0.3, 0.4) is 0 Å². The second-order valence-corrected chi connectivity index (χ2v) is 9.38. The molecule has 3 rings (SSSR count). The third-order valence-electron chi connectivity index (χ3n) is 4.94. The highest BCUT2D eigenvalue weighted by Crippen LogP contribution is 2.48. The van der Waals surface area contributed by atoms with Crippen molar-refractivity contribution in [2.45, 2.75) is 24.9 Å². The van der Waals surface area contributed by atoms with Crippen LogP contribution in [0.25, 0.3) is 0 Å². The van der Waals surface area contributed by atoms with Crippen molar-refractivity contribution in [2.24, 2.45) is 0 Å². The number of hydrogen-bond acceptors (Lipinski definition) is 3. The van der Waals surface area contributed by atoms with Crippen molar-refractivity contribution in [3.8, 4) is 0 Å². The summed E-state index contributed by atoms with van der Waals surface area (Å²) in [6, 6.07) is 16.4. The molecule has 0 aliphatic carbocycles. The van der Waals surface area contributed by atoms with Crippen LogP contribution in [-0.2, 0) is 10.3 Å². The molecule has 0 spiro atoms. The van der Waals surface area contributed by atoms with Gasteiger partial charge in [0.2, 0.25) is 0 Å². The van der Waals surface area contributed by atoms with Crippen LogP contribution in [0.4, 0.5) is 13.2 Å². The summed E-state index contributed by atoms with van der Waals surface area (Å²) in [6.07, 6.45) is 0.323. The van der Waals surface area contributed by atoms with Gasteiger partial charge in [0.05, 0.1) is 28.2 Å². The first kappa shape index (κ1) is 27.6. The molecule has 8 heteroatoms. The maximum absolute atomic E-state index is 14.1. The zero-order valence-electron chi connectivity index (χ0n) is 20.1. The maximum atomic E-state index is 14.1. The van der Waals surface area contributed by atoms with E-state index in [0.29, 0.717) is 12.0 Å². The molecule has 34 heavy (non-hydrogen) atoms. The zero-order valence-corrected chi connectivity index (χ0v) is 20.1. The molecule has 0 heterocycles. The minimum absolute atomic E-state index is 0.203. The van der Waals surface area contributed by atoms with Crippen molar-refractivity contribution in [1.29, 1.82) is 0 Å². The summed E-state index contributed by atoms with van der Waals surface area (Å²) in [6.45, 7) is 1.78. The topological polar surface area (TPSA) is 52.5 Å². The molecule has 182 valence electrons. The van der Waals surface area contributed by atoms with Crippen LogP contribution in [0.2, 0.25) is 0 Å². The van der Waals surface area contributed by atoms with Gasteiger partial charge in [-0.15, -0.1) is 0 Å². The second-order valence-electron chi connectivity index (χ2n) is 9.38. The summed E-state index contributed by atoms with van der Waals surface area (Å²) in [5.74, 6) is -2.43. The molecule has 0 saturated carbocycles. The molecule has 1 N–H and O–H groups in total. The fourth-order valence-electron chi connectivity index (χ4n) is 3.87. The Hall–Kier alpha value is -2.65. The van der Waals surface area contributed by atoms with Gasteiger partial charge in [0.1, 0.15) is 23.1 Å². The van der Waals surface area contributed by atoms with Crippen molar-refractivity contribution in [2.75, 3.05) is 28.2 Å². The van der Waals surface area contributed by atoms with Crippen LogP contribution in [0, 0.1) is 17.5 Å². The van der Waals surface area contributed by atoms with Crippen LogP contribution < -0.4 is 5.02 Å². The smallest absolute Gasteiger partial charge is 0.343 e. The molecule has 0 bridgehead atoms. The summed E-state index contributed by atoms with van der Waals surface area (Å²) in [7, 11) is 6.00. The van der Waals surface area contributed by atoms with Gasteiger partial charge >= 0.3 is 7.32 Å². The van der Waals surface area contributed by atoms with E-state index in [1.165, 1.54) is 54.6 Å². The van der Waals surface area contributed by atoms with Gasteiger partial charge in [0.15, 0.2) is 0 Å². The number of quaternary nitrogens is 1. The van der Waals surface area contributed by atoms with Crippen LogP contribution in [0.5, 0.6) is 0 Å². The van der Waals surface area contributed by atoms with E-state index in [4.69, 9.17) is 4.65 Å². The van der Waals surface area contributed by atoms with Crippen LogP contribution in [0.1, 0.15) is 36.0 Å². The van der Waals surface area contributed by atoms with Crippen molar-refractivity contribution >= 4 is 7.32 Å². The van der Waals surface area contributed by atoms with Gasteiger partial charge in [-0.1, -0.05) is 43.3 Å². The van der Waals surface area contributed by atoms with Gasteiger partial charge in [-0.2, -0.15) is 0 Å². The molecule has 0 saturated heterocycles. The summed E-state index contributed by atoms with van der Waals surface area (Å²) in [4.78, 5) is 0. The first-order valence-electron chi connectivity index (χ1n) is 10.9. The van der Waals surface area contributed by atoms with Crippen molar-refractivity contribution < 1.29 is 32.4 Å². The highest BCUT2D eigenvalue weighted by Gasteiger charge is 2.44. The van der Waals surface area contributed by atoms with Gasteiger partial charge < -0.3 is 19.2 Å². The molecule has 0 radical (unpaired) electrons. The molecule has 4 nitrogen and oxygen atoms in total. The Bertz CT molecular complexity index is 1020. The normalized spacial score (nSPS) is 12.5. The third kappa shape index (κ3) is 7.43. The van der Waals surface area contributed by atoms with E-state index in [0.717, 1.165) is 16.6 Å². The monoisotopic (exact) mass is 473 g/mol. The largest absolute Gasteiger partial charge is 0.832 e. The number of hydrogen-bond donors (Lipinski definition) is 1. The Labute approximate surface area is 200 Å². The number of nitrogens with zero attached hydrogens (tertiary/aromatic N) is 1. The standard InChI is InChI=1S/C22H19BF3O3.C4H12N/c1-2-21(15-6-3-9-18(24)12-15)22(29-23(27)28,16-7-4-10-19(25)13-16)17-8-5-11-20(26)14-17;1-5(2,3)4/h3-14,21,27H,2H2,1H3;1-4H3/q-1;+1. The predicted molar refractivity (Wildman–Crippen MR) is 126 cm³/mol. The van der Waals surface area contributed by atoms with Crippen molar-refractivity contribution in [1.82, 2.24) is 0 Å². The number of halogens is 3. The van der Waals surface area contributed by atoms with Gasteiger partial charge in [-0.05, 0) is 59.5 Å². The molecule has 0 aliphatic heterocycles. The highest BCUT2D eigenvalue weighted by atomic mass is 19.1. The van der Waals surface area contributed by atoms with Crippen LogP contribution in [-0.4, -0.2) is 45.0 Å². The summed E-state index contributed by atoms with van der Waals surface area (Å²) in [5, 5.41) is 21.5. The highest BCUT2D eigenvalue weighted by molar-refractivity contribution is 6.30. The minimum atomic E-state index is -2.50. The molecular weight excluding hydrogens is 442 g/mol. The molecule has 0 fully saturated rings. The average Bonchev–Trinajstić information content (AvgIpc) is 2.72. The lowest BCUT2D eigenvalue weighted by Crippen LogP contribution is -2.48. The first-order chi connectivity index (χ1) is 15.9. The fourth-order valence-corrected chi connectivity index (χ4v) is 3.87. The van der Waals surface area contributed by atoms with Crippen molar-refractivity contribution in [3.63, 3.8) is 0 Å². The first-order valence-corrected chi connectivity index (χ1v) is 10.9. The third-order valence-corrected chi connectivity index (χ3v) is 4.94. The molecule has 0 aromatic heterocycles. The SMILES string of the molecule is CCC(c1cccc(F)c1)C(OB([O-])O)(c1cccc(F)c1)c1cccc(F)c1.C[N+](C)(C)C. The molecule has 3 aromatic carbocycles. The minimum Gasteiger partial charge on any atom is -0.832 e. The van der Waals surface area contributed by atoms with Crippen molar-refractivity contribution in [3.05, 3.63) is 107 Å². The Balaban J connectivity index is 0.000000739. The Morgan fingerprint density at radius 1 is 0.853 bits per heavy atom. The summed E-state index contributed by atoms with van der Waals surface area (Å²) >= 11 is 0. The van der Waals surface area contributed by atoms with Gasteiger partial charge in [-0.3, -0.25) is 0 Å². The Morgan fingerprint density at radius 2 is 1.26 bits per heavy atom. The lowest BCUT2D eigenvalue weighted by molar-refractivity contribution is -0.849. The molecule has 1 atom stereocenters. The van der Waals surface area contributed by atoms with E-state index >= 15 is 0 Å². The van der Waals surface area contributed by atoms with E-state index in [1.54, 1.807) is 13.0 Å². The number of benzene rings is 3. The lowest BCUT2D eigenvalue weighted by atomic mass is 9.70. The van der Waals surface area contributed by atoms with Gasteiger partial charge in [-0.25, -0.2) is 13.2 Å². The predicted octanol–water partition coefficient (Wildman–Crippen LogP) is 4.22. The number of rotatable bonds is 7. The fraction of sp³-hybridized carbons (Fsp3) is 0.308. The lowest BCUT2D eigenvalue weighted by Gasteiger charge is -2.44. The van der Waals surface area contributed by atoms with E-state index in [9.17, 15) is 23.2 Å². The summed E-state index contributed by atoms with van der Waals surface area (Å²) in [5.41, 5.74) is -0.890. The molecule has 3 aromatic rings. The maximum Gasteiger partial charge on any atom is 0.343 e. The van der Waals surface area contributed by atoms with Gasteiger partial charge in [0.25, 0.3) is 0 Å². The van der Waals surface area contributed by atoms with E-state index in [-0.39, 0.29) is 11.1 Å². The Kier molecular flexibility index (Phi) is 9.47. The van der Waals surface area contributed by atoms with E-state index in [1.807, 2.05) is 0 Å². The summed E-state index contributed by atoms with van der Waals surface area (Å²) < 4.78 is 48.8. The average molecular weight is 473 g/mol. The van der Waals surface area contributed by atoms with Crippen LogP contribution in [0.15, 0.2) is 72.8 Å². The molecule has 0 amide bonds. The van der Waals surface area contributed by atoms with Gasteiger partial charge in [0, 0.05) is 5.92 Å². The molecule has 1 unspecified atom stereocenters. The van der Waals surface area contributed by atoms with E-state index < -0.39 is 36.3 Å². The van der Waals surface area contributed by atoms with E-state index in [2.05, 4.69) is 28.2 Å². The second kappa shape index (κ2) is 11.7. The zero-order chi connectivity index (χ0) is 25.5. The van der Waals surface area contributed by atoms with Crippen LogP contribution >= 0.6 is 0 Å². The molecular formula is C26H31BF3NO3. The quantitative estimate of drug-likeness (QED) is 0.413.